The van der Waals surface area contributed by atoms with Crippen LogP contribution in [-0.4, -0.2) is 44.5 Å². The highest BCUT2D eigenvalue weighted by molar-refractivity contribution is 5.85. The number of hydrogen-bond donors (Lipinski definition) is 1. The first-order chi connectivity index (χ1) is 14.7. The molecule has 176 valence electrons. The van der Waals surface area contributed by atoms with Gasteiger partial charge < -0.3 is 0 Å². The van der Waals surface area contributed by atoms with Crippen LogP contribution in [0, 0.1) is 39.9 Å². The van der Waals surface area contributed by atoms with Gasteiger partial charge in [-0.3, -0.25) is 9.58 Å². The second-order valence-electron chi connectivity index (χ2n) is 12.7. The second-order valence-corrected chi connectivity index (χ2v) is 12.7. The highest BCUT2D eigenvalue weighted by atomic mass is 15.6. The monoisotopic (exact) mass is 428 g/mol. The van der Waals surface area contributed by atoms with E-state index in [-0.39, 0.29) is 0 Å². The molecule has 0 bridgehead atoms. The molecule has 0 heterocycles. The number of hydrogen-bond acceptors (Lipinski definition) is 2. The minimum absolute atomic E-state index is 0.489. The highest BCUT2D eigenvalue weighted by Crippen LogP contribution is 2.91. The molecular weight excluding hydrogens is 378 g/mol. The topological polar surface area (TPSA) is 24.4 Å². The van der Waals surface area contributed by atoms with Crippen molar-refractivity contribution in [1.29, 1.82) is 0 Å². The van der Waals surface area contributed by atoms with Crippen molar-refractivity contribution < 1.29 is 4.59 Å². The molecule has 31 heavy (non-hydrogen) atoms. The minimum Gasteiger partial charge on any atom is -0.294 e. The molecule has 0 aromatic heterocycles. The molecule has 4 aliphatic carbocycles. The van der Waals surface area contributed by atoms with E-state index in [4.69, 9.17) is 4.99 Å². The summed E-state index contributed by atoms with van der Waals surface area (Å²) in [5.74, 6) is 3.60. The molecule has 4 rings (SSSR count). The van der Waals surface area contributed by atoms with E-state index in [0.29, 0.717) is 16.2 Å². The number of nitrogens with zero attached hydrogens (tertiary/aromatic N) is 2. The van der Waals surface area contributed by atoms with Crippen molar-refractivity contribution in [2.45, 2.75) is 85.0 Å². The van der Waals surface area contributed by atoms with Crippen LogP contribution < -0.4 is 5.43 Å². The van der Waals surface area contributed by atoms with Gasteiger partial charge in [-0.1, -0.05) is 26.3 Å². The largest absolute Gasteiger partial charge is 0.294 e. The van der Waals surface area contributed by atoms with E-state index in [2.05, 4.69) is 60.0 Å². The van der Waals surface area contributed by atoms with Crippen LogP contribution in [0.15, 0.2) is 17.6 Å². The minimum atomic E-state index is 0.489. The molecule has 4 fully saturated rings. The molecule has 7 unspecified atom stereocenters. The maximum atomic E-state index is 5.14. The lowest BCUT2D eigenvalue weighted by atomic mass is 9.59. The molecule has 0 radical (unpaired) electrons. The summed E-state index contributed by atoms with van der Waals surface area (Å²) >= 11 is 0. The predicted octanol–water partition coefficient (Wildman–Crippen LogP) is 6.26. The van der Waals surface area contributed by atoms with Crippen molar-refractivity contribution >= 4 is 5.71 Å². The Morgan fingerprint density at radius 2 is 1.90 bits per heavy atom. The van der Waals surface area contributed by atoms with Gasteiger partial charge >= 0.3 is 0 Å². The number of rotatable bonds is 10. The summed E-state index contributed by atoms with van der Waals surface area (Å²) in [5.41, 5.74) is 6.84. The molecule has 0 amide bonds. The van der Waals surface area contributed by atoms with Gasteiger partial charge in [-0.15, -0.1) is 6.58 Å². The molecule has 7 atom stereocenters. The third-order valence-electron chi connectivity index (χ3n) is 10.5. The van der Waals surface area contributed by atoms with Crippen LogP contribution in [0.2, 0.25) is 0 Å². The third-order valence-corrected chi connectivity index (χ3v) is 10.5. The number of allylic oxidation sites excluding steroid dienone is 1. The van der Waals surface area contributed by atoms with Gasteiger partial charge in [0.2, 0.25) is 0 Å². The molecule has 1 N–H and O–H groups in total. The van der Waals surface area contributed by atoms with Gasteiger partial charge in [-0.05, 0) is 98.7 Å². The molecule has 3 nitrogen and oxygen atoms in total. The Labute approximate surface area is 192 Å². The first-order valence-electron chi connectivity index (χ1n) is 13.4. The summed E-state index contributed by atoms with van der Waals surface area (Å²) in [6.07, 6.45) is 16.2. The SMILES string of the molecule is C=CCC1CCC23C4CCC(C(C)=NCCCN[N+](C)(C)C)C4(C)CCC2C13CCC. The number of fused-ring (bicyclic) bond motifs is 2. The van der Waals surface area contributed by atoms with Gasteiger partial charge in [-0.25, -0.2) is 0 Å². The summed E-state index contributed by atoms with van der Waals surface area (Å²) in [4.78, 5) is 5.14. The fourth-order valence-corrected chi connectivity index (χ4v) is 9.73. The zero-order valence-electron chi connectivity index (χ0n) is 21.5. The van der Waals surface area contributed by atoms with Gasteiger partial charge in [0.25, 0.3) is 0 Å². The Morgan fingerprint density at radius 3 is 2.58 bits per heavy atom. The van der Waals surface area contributed by atoms with Crippen LogP contribution in [0.25, 0.3) is 0 Å². The van der Waals surface area contributed by atoms with Gasteiger partial charge in [0.05, 0.1) is 21.1 Å². The molecular formula is C28H50N3+. The fraction of sp³-hybridized carbons (Fsp3) is 0.893. The predicted molar refractivity (Wildman–Crippen MR) is 133 cm³/mol. The van der Waals surface area contributed by atoms with Gasteiger partial charge in [0, 0.05) is 24.7 Å². The third kappa shape index (κ3) is 3.48. The van der Waals surface area contributed by atoms with E-state index in [9.17, 15) is 0 Å². The van der Waals surface area contributed by atoms with Gasteiger partial charge in [0.1, 0.15) is 0 Å². The first-order valence-corrected chi connectivity index (χ1v) is 13.4. The van der Waals surface area contributed by atoms with Crippen molar-refractivity contribution in [3.8, 4) is 0 Å². The van der Waals surface area contributed by atoms with Crippen molar-refractivity contribution in [2.75, 3.05) is 34.2 Å². The van der Waals surface area contributed by atoms with Crippen molar-refractivity contribution in [3.63, 3.8) is 0 Å². The van der Waals surface area contributed by atoms with E-state index in [1.54, 1.807) is 0 Å². The van der Waals surface area contributed by atoms with E-state index in [0.717, 1.165) is 47.8 Å². The number of aliphatic imine (C=N–C) groups is 1. The second kappa shape index (κ2) is 8.28. The Balaban J connectivity index is 1.48. The molecule has 3 heteroatoms. The molecule has 0 saturated heterocycles. The first kappa shape index (κ1) is 23.5. The average molecular weight is 429 g/mol. The smallest absolute Gasteiger partial charge is 0.0853 e. The Hall–Kier alpha value is -0.670. The molecule has 0 aliphatic heterocycles. The maximum absolute atomic E-state index is 5.14. The maximum Gasteiger partial charge on any atom is 0.0853 e. The standard InChI is InChI=1S/C28H50N3/c1-8-11-22-14-18-28-24-13-12-23(21(3)29-19-10-20-30-31(5,6)7)26(24,4)17-15-25(28)27(22,28)16-9-2/h8,22-25,30H,1,9-20H2,2-7H3/q+1. The Bertz CT molecular complexity index is 706. The molecule has 4 saturated carbocycles. The highest BCUT2D eigenvalue weighted by Gasteiger charge is 2.85. The van der Waals surface area contributed by atoms with Crippen LogP contribution >= 0.6 is 0 Å². The van der Waals surface area contributed by atoms with Crippen LogP contribution in [0.3, 0.4) is 0 Å². The summed E-state index contributed by atoms with van der Waals surface area (Å²) < 4.78 is 0.820. The quantitative estimate of drug-likeness (QED) is 0.143. The average Bonchev–Trinajstić information content (AvgIpc) is 2.92. The molecule has 0 aromatic rings. The van der Waals surface area contributed by atoms with E-state index >= 15 is 0 Å². The zero-order valence-corrected chi connectivity index (χ0v) is 21.5. The van der Waals surface area contributed by atoms with Crippen LogP contribution in [0.1, 0.15) is 85.0 Å². The van der Waals surface area contributed by atoms with E-state index in [1.807, 2.05) is 0 Å². The molecule has 4 aliphatic rings. The summed E-state index contributed by atoms with van der Waals surface area (Å²) in [6.45, 7) is 13.6. The fourth-order valence-electron chi connectivity index (χ4n) is 9.73. The van der Waals surface area contributed by atoms with Crippen molar-refractivity contribution in [1.82, 2.24) is 5.43 Å². The molecule has 1 spiro atoms. The van der Waals surface area contributed by atoms with Crippen LogP contribution in [0.4, 0.5) is 0 Å². The Morgan fingerprint density at radius 1 is 1.13 bits per heavy atom. The lowest BCUT2D eigenvalue weighted by Gasteiger charge is -2.45. The lowest BCUT2D eigenvalue weighted by molar-refractivity contribution is -0.915. The van der Waals surface area contributed by atoms with E-state index in [1.165, 1.54) is 63.5 Å². The van der Waals surface area contributed by atoms with Crippen LogP contribution in [-0.2, 0) is 0 Å². The summed E-state index contributed by atoms with van der Waals surface area (Å²) in [7, 11) is 6.55. The number of quaternary nitrogens is 1. The lowest BCUT2D eigenvalue weighted by Crippen LogP contribution is -2.48. The van der Waals surface area contributed by atoms with Crippen molar-refractivity contribution in [3.05, 3.63) is 12.7 Å². The van der Waals surface area contributed by atoms with Crippen LogP contribution in [0.5, 0.6) is 0 Å². The Kier molecular flexibility index (Phi) is 6.27. The zero-order chi connectivity index (χ0) is 22.5. The summed E-state index contributed by atoms with van der Waals surface area (Å²) in [5, 5.41) is 0. The van der Waals surface area contributed by atoms with Gasteiger partial charge in [-0.2, -0.15) is 5.43 Å². The van der Waals surface area contributed by atoms with E-state index < -0.39 is 0 Å². The summed E-state index contributed by atoms with van der Waals surface area (Å²) in [6, 6.07) is 0. The van der Waals surface area contributed by atoms with Gasteiger partial charge in [0.15, 0.2) is 0 Å². The number of nitrogens with one attached hydrogen (secondary N) is 1. The normalized spacial score (nSPS) is 44.0. The molecule has 0 aromatic carbocycles. The van der Waals surface area contributed by atoms with Crippen molar-refractivity contribution in [2.24, 2.45) is 44.9 Å².